The SMILES string of the molecule is C#Cc1cccnc1C(N)CN. The van der Waals surface area contributed by atoms with E-state index >= 15 is 0 Å². The van der Waals surface area contributed by atoms with Crippen molar-refractivity contribution in [3.05, 3.63) is 29.6 Å². The van der Waals surface area contributed by atoms with E-state index < -0.39 is 0 Å². The van der Waals surface area contributed by atoms with Gasteiger partial charge in [0.05, 0.1) is 11.7 Å². The van der Waals surface area contributed by atoms with Crippen LogP contribution in [0.25, 0.3) is 0 Å². The molecule has 0 saturated carbocycles. The summed E-state index contributed by atoms with van der Waals surface area (Å²) in [5.74, 6) is 2.51. The molecule has 1 heterocycles. The quantitative estimate of drug-likeness (QED) is 0.601. The molecular weight excluding hydrogens is 150 g/mol. The molecule has 0 aromatic carbocycles. The Morgan fingerprint density at radius 2 is 2.42 bits per heavy atom. The summed E-state index contributed by atoms with van der Waals surface area (Å²) >= 11 is 0. The first kappa shape index (κ1) is 8.72. The van der Waals surface area contributed by atoms with E-state index in [2.05, 4.69) is 10.9 Å². The highest BCUT2D eigenvalue weighted by Gasteiger charge is 2.08. The zero-order valence-electron chi connectivity index (χ0n) is 6.70. The molecule has 0 radical (unpaired) electrons. The summed E-state index contributed by atoms with van der Waals surface area (Å²) in [7, 11) is 0. The molecular formula is C9H11N3. The molecule has 1 atom stereocenters. The number of hydrogen-bond donors (Lipinski definition) is 2. The predicted molar refractivity (Wildman–Crippen MR) is 48.2 cm³/mol. The molecule has 0 saturated heterocycles. The van der Waals surface area contributed by atoms with Crippen molar-refractivity contribution in [3.8, 4) is 12.3 Å². The summed E-state index contributed by atoms with van der Waals surface area (Å²) in [5, 5.41) is 0. The Hall–Kier alpha value is -1.37. The third-order valence-corrected chi connectivity index (χ3v) is 1.60. The highest BCUT2D eigenvalue weighted by atomic mass is 14.8. The number of rotatable bonds is 2. The smallest absolute Gasteiger partial charge is 0.0739 e. The second kappa shape index (κ2) is 3.86. The Morgan fingerprint density at radius 3 is 3.00 bits per heavy atom. The lowest BCUT2D eigenvalue weighted by molar-refractivity contribution is 0.709. The van der Waals surface area contributed by atoms with Crippen LogP contribution in [0.15, 0.2) is 18.3 Å². The fraction of sp³-hybridized carbons (Fsp3) is 0.222. The van der Waals surface area contributed by atoms with Gasteiger partial charge in [-0.3, -0.25) is 4.98 Å². The minimum absolute atomic E-state index is 0.266. The number of aromatic nitrogens is 1. The molecule has 0 aliphatic heterocycles. The first-order valence-electron chi connectivity index (χ1n) is 3.66. The van der Waals surface area contributed by atoms with Gasteiger partial charge < -0.3 is 11.5 Å². The van der Waals surface area contributed by atoms with Gasteiger partial charge in [0.15, 0.2) is 0 Å². The van der Waals surface area contributed by atoms with E-state index in [1.807, 2.05) is 0 Å². The molecule has 1 unspecified atom stereocenters. The minimum atomic E-state index is -0.266. The lowest BCUT2D eigenvalue weighted by atomic mass is 10.1. The first-order chi connectivity index (χ1) is 5.79. The first-order valence-corrected chi connectivity index (χ1v) is 3.66. The van der Waals surface area contributed by atoms with Gasteiger partial charge in [0.1, 0.15) is 0 Å². The molecule has 1 aromatic rings. The van der Waals surface area contributed by atoms with E-state index in [1.165, 1.54) is 0 Å². The standard InChI is InChI=1S/C9H11N3/c1-2-7-4-3-5-12-9(7)8(11)6-10/h1,3-5,8H,6,10-11H2. The molecule has 0 spiro atoms. The predicted octanol–water partition coefficient (Wildman–Crippen LogP) is 0.0214. The third kappa shape index (κ3) is 1.62. The van der Waals surface area contributed by atoms with Gasteiger partial charge in [0.25, 0.3) is 0 Å². The molecule has 0 aliphatic rings. The maximum absolute atomic E-state index is 5.69. The normalized spacial score (nSPS) is 12.1. The molecule has 0 aliphatic carbocycles. The lowest BCUT2D eigenvalue weighted by Gasteiger charge is -2.09. The monoisotopic (exact) mass is 161 g/mol. The van der Waals surface area contributed by atoms with Crippen molar-refractivity contribution >= 4 is 0 Å². The second-order valence-corrected chi connectivity index (χ2v) is 2.42. The van der Waals surface area contributed by atoms with Crippen LogP contribution in [0, 0.1) is 12.3 Å². The number of terminal acetylenes is 1. The van der Waals surface area contributed by atoms with E-state index in [1.54, 1.807) is 18.3 Å². The van der Waals surface area contributed by atoms with E-state index in [4.69, 9.17) is 17.9 Å². The van der Waals surface area contributed by atoms with Gasteiger partial charge >= 0.3 is 0 Å². The molecule has 1 aromatic heterocycles. The van der Waals surface area contributed by atoms with Gasteiger partial charge in [-0.05, 0) is 12.1 Å². The molecule has 0 amide bonds. The van der Waals surface area contributed by atoms with Crippen LogP contribution in [-0.2, 0) is 0 Å². The van der Waals surface area contributed by atoms with Gasteiger partial charge in [0.2, 0.25) is 0 Å². The Morgan fingerprint density at radius 1 is 1.67 bits per heavy atom. The summed E-state index contributed by atoms with van der Waals surface area (Å²) in [4.78, 5) is 4.07. The van der Waals surface area contributed by atoms with Crippen molar-refractivity contribution < 1.29 is 0 Å². The third-order valence-electron chi connectivity index (χ3n) is 1.60. The molecule has 62 valence electrons. The average Bonchev–Trinajstić information content (AvgIpc) is 2.16. The van der Waals surface area contributed by atoms with Gasteiger partial charge in [-0.15, -0.1) is 6.42 Å². The number of pyridine rings is 1. The minimum Gasteiger partial charge on any atom is -0.329 e. The fourth-order valence-corrected chi connectivity index (χ4v) is 0.947. The van der Waals surface area contributed by atoms with E-state index in [0.29, 0.717) is 12.2 Å². The van der Waals surface area contributed by atoms with Crippen molar-refractivity contribution in [2.24, 2.45) is 11.5 Å². The van der Waals surface area contributed by atoms with Gasteiger partial charge in [-0.25, -0.2) is 0 Å². The Balaban J connectivity index is 3.07. The fourth-order valence-electron chi connectivity index (χ4n) is 0.947. The molecule has 0 fully saturated rings. The zero-order valence-corrected chi connectivity index (χ0v) is 6.70. The van der Waals surface area contributed by atoms with Crippen molar-refractivity contribution in [1.29, 1.82) is 0 Å². The van der Waals surface area contributed by atoms with E-state index in [-0.39, 0.29) is 6.04 Å². The topological polar surface area (TPSA) is 64.9 Å². The van der Waals surface area contributed by atoms with Gasteiger partial charge in [-0.2, -0.15) is 0 Å². The maximum Gasteiger partial charge on any atom is 0.0739 e. The van der Waals surface area contributed by atoms with Crippen molar-refractivity contribution in [2.45, 2.75) is 6.04 Å². The van der Waals surface area contributed by atoms with Crippen LogP contribution in [0.1, 0.15) is 17.3 Å². The Kier molecular flexibility index (Phi) is 2.81. The maximum atomic E-state index is 5.69. The number of hydrogen-bond acceptors (Lipinski definition) is 3. The van der Waals surface area contributed by atoms with Crippen LogP contribution in [-0.4, -0.2) is 11.5 Å². The number of nitrogens with zero attached hydrogens (tertiary/aromatic N) is 1. The highest BCUT2D eigenvalue weighted by molar-refractivity contribution is 5.37. The van der Waals surface area contributed by atoms with Crippen LogP contribution in [0.2, 0.25) is 0 Å². The van der Waals surface area contributed by atoms with E-state index in [9.17, 15) is 0 Å². The van der Waals surface area contributed by atoms with Crippen molar-refractivity contribution in [2.75, 3.05) is 6.54 Å². The lowest BCUT2D eigenvalue weighted by Crippen LogP contribution is -2.22. The Labute approximate surface area is 71.8 Å². The highest BCUT2D eigenvalue weighted by Crippen LogP contribution is 2.10. The van der Waals surface area contributed by atoms with Crippen molar-refractivity contribution in [1.82, 2.24) is 4.98 Å². The summed E-state index contributed by atoms with van der Waals surface area (Å²) in [5.41, 5.74) is 12.5. The summed E-state index contributed by atoms with van der Waals surface area (Å²) in [6, 6.07) is 3.32. The van der Waals surface area contributed by atoms with Crippen LogP contribution in [0.3, 0.4) is 0 Å². The van der Waals surface area contributed by atoms with Gasteiger partial charge in [-0.1, -0.05) is 5.92 Å². The second-order valence-electron chi connectivity index (χ2n) is 2.42. The van der Waals surface area contributed by atoms with E-state index in [0.717, 1.165) is 5.56 Å². The largest absolute Gasteiger partial charge is 0.329 e. The summed E-state index contributed by atoms with van der Waals surface area (Å²) < 4.78 is 0. The van der Waals surface area contributed by atoms with Crippen LogP contribution in [0.4, 0.5) is 0 Å². The molecule has 12 heavy (non-hydrogen) atoms. The molecule has 1 rings (SSSR count). The average molecular weight is 161 g/mol. The van der Waals surface area contributed by atoms with Gasteiger partial charge in [0, 0.05) is 18.3 Å². The van der Waals surface area contributed by atoms with Crippen LogP contribution >= 0.6 is 0 Å². The summed E-state index contributed by atoms with van der Waals surface area (Å²) in [6.45, 7) is 0.353. The molecule has 3 nitrogen and oxygen atoms in total. The zero-order chi connectivity index (χ0) is 8.97. The summed E-state index contributed by atoms with van der Waals surface area (Å²) in [6.07, 6.45) is 6.92. The number of nitrogens with two attached hydrogens (primary N) is 2. The molecule has 4 N–H and O–H groups in total. The Bertz CT molecular complexity index is 301. The van der Waals surface area contributed by atoms with Crippen molar-refractivity contribution in [3.63, 3.8) is 0 Å². The van der Waals surface area contributed by atoms with Crippen LogP contribution in [0.5, 0.6) is 0 Å². The van der Waals surface area contributed by atoms with Crippen LogP contribution < -0.4 is 11.5 Å². The molecule has 3 heteroatoms. The molecule has 0 bridgehead atoms.